The van der Waals surface area contributed by atoms with Gasteiger partial charge in [-0.25, -0.2) is 0 Å². The van der Waals surface area contributed by atoms with Gasteiger partial charge in [-0.2, -0.15) is 0 Å². The molecule has 1 aliphatic heterocycles. The van der Waals surface area contributed by atoms with Crippen LogP contribution in [0.4, 0.5) is 20.2 Å². The Morgan fingerprint density at radius 2 is 1.96 bits per heavy atom. The number of nitrogens with two attached hydrogens (primary N) is 1. The number of benzene rings is 2. The molecule has 0 bridgehead atoms. The Morgan fingerprint density at radius 3 is 2.54 bits per heavy atom. The van der Waals surface area contributed by atoms with Crippen LogP contribution in [0.15, 0.2) is 40.9 Å². The van der Waals surface area contributed by atoms with Gasteiger partial charge in [0.1, 0.15) is 5.75 Å². The quantitative estimate of drug-likeness (QED) is 0.750. The van der Waals surface area contributed by atoms with Gasteiger partial charge in [-0.15, -0.1) is 8.78 Å². The third-order valence-corrected chi connectivity index (χ3v) is 4.37. The van der Waals surface area contributed by atoms with Gasteiger partial charge in [0, 0.05) is 33.9 Å². The topological polar surface area (TPSA) is 55.6 Å². The fraction of sp³-hybridized carbons (Fsp3) is 0.188. The Morgan fingerprint density at radius 1 is 1.29 bits per heavy atom. The molecule has 3 rings (SSSR count). The molecule has 0 spiro atoms. The highest BCUT2D eigenvalue weighted by atomic mass is 79.9. The highest BCUT2D eigenvalue weighted by Gasteiger charge is 2.28. The van der Waals surface area contributed by atoms with Gasteiger partial charge >= 0.3 is 5.57 Å². The van der Waals surface area contributed by atoms with E-state index in [0.29, 0.717) is 12.1 Å². The second kappa shape index (κ2) is 6.22. The van der Waals surface area contributed by atoms with E-state index in [1.165, 1.54) is 12.1 Å². The molecule has 0 aromatic heterocycles. The van der Waals surface area contributed by atoms with Crippen molar-refractivity contribution < 1.29 is 18.3 Å². The molecule has 1 amide bonds. The lowest BCUT2D eigenvalue weighted by Gasteiger charge is -2.21. The second-order valence-electron chi connectivity index (χ2n) is 5.27. The molecule has 4 nitrogen and oxygen atoms in total. The minimum atomic E-state index is -3.74. The lowest BCUT2D eigenvalue weighted by molar-refractivity contribution is -0.0964. The predicted molar refractivity (Wildman–Crippen MR) is 91.2 cm³/mol. The van der Waals surface area contributed by atoms with Crippen molar-refractivity contribution in [2.75, 3.05) is 11.4 Å². The van der Waals surface area contributed by atoms with Gasteiger partial charge < -0.3 is 15.4 Å². The van der Waals surface area contributed by atoms with E-state index in [1.54, 1.807) is 24.3 Å². The number of carbonyl (C=O) groups excluding carboxylic acids is 1. The van der Waals surface area contributed by atoms with Gasteiger partial charge in [0.15, 0.2) is 0 Å². The van der Waals surface area contributed by atoms with Crippen LogP contribution in [-0.2, 0) is 6.42 Å². The predicted octanol–water partition coefficient (Wildman–Crippen LogP) is 4.41. The Balaban J connectivity index is 1.90. The maximum atomic E-state index is 12.7. The minimum absolute atomic E-state index is 0.0266. The van der Waals surface area contributed by atoms with E-state index >= 15 is 0 Å². The summed E-state index contributed by atoms with van der Waals surface area (Å²) in [6.45, 7) is 0.696. The smallest absolute Gasteiger partial charge is 0.420 e. The Labute approximate surface area is 150 Å². The van der Waals surface area contributed by atoms with E-state index in [0.717, 1.165) is 27.8 Å². The first-order valence-corrected chi connectivity index (χ1v) is 8.17. The van der Waals surface area contributed by atoms with Gasteiger partial charge in [0.25, 0.3) is 0 Å². The summed E-state index contributed by atoms with van der Waals surface area (Å²) in [5.41, 5.74) is 4.76. The largest absolute Gasteiger partial charge is 0.487 e. The maximum Gasteiger partial charge on any atom is 0.487 e. The normalized spacial score (nSPS) is 13.8. The number of fused-ring (bicyclic) bond motifs is 1. The second-order valence-corrected chi connectivity index (χ2v) is 6.57. The first-order valence-electron chi connectivity index (χ1n) is 7.00. The SMILES string of the molecule is NC(=O)c1cc(Br)c2c(c1)CCN2c1ccc(OC(F)(F)Cl)cc1. The van der Waals surface area contributed by atoms with Crippen LogP contribution in [0.25, 0.3) is 0 Å². The molecule has 126 valence electrons. The van der Waals surface area contributed by atoms with Crippen molar-refractivity contribution in [3.63, 3.8) is 0 Å². The van der Waals surface area contributed by atoms with Crippen molar-refractivity contribution >= 4 is 44.8 Å². The molecule has 2 aromatic carbocycles. The van der Waals surface area contributed by atoms with E-state index < -0.39 is 11.5 Å². The number of hydrogen-bond donors (Lipinski definition) is 1. The lowest BCUT2D eigenvalue weighted by atomic mass is 10.1. The molecule has 0 unspecified atom stereocenters. The molecule has 2 aromatic rings. The Bertz CT molecular complexity index is 794. The Kier molecular flexibility index (Phi) is 4.40. The fourth-order valence-corrected chi connectivity index (χ4v) is 3.53. The first kappa shape index (κ1) is 17.0. The van der Waals surface area contributed by atoms with Crippen molar-refractivity contribution in [2.45, 2.75) is 12.0 Å². The van der Waals surface area contributed by atoms with Crippen LogP contribution in [0.1, 0.15) is 15.9 Å². The van der Waals surface area contributed by atoms with Crippen LogP contribution in [0.5, 0.6) is 5.75 Å². The van der Waals surface area contributed by atoms with E-state index in [1.807, 2.05) is 4.90 Å². The Hall–Kier alpha value is -1.86. The summed E-state index contributed by atoms with van der Waals surface area (Å²) in [5.74, 6) is -0.512. The molecule has 0 saturated heterocycles. The number of primary amides is 1. The number of hydrogen-bond acceptors (Lipinski definition) is 3. The third-order valence-electron chi connectivity index (χ3n) is 3.68. The van der Waals surface area contributed by atoms with E-state index in [-0.39, 0.29) is 5.75 Å². The van der Waals surface area contributed by atoms with E-state index in [9.17, 15) is 13.6 Å². The number of carbonyl (C=O) groups is 1. The van der Waals surface area contributed by atoms with Crippen molar-refractivity contribution in [3.05, 3.63) is 52.0 Å². The number of ether oxygens (including phenoxy) is 1. The number of halogens is 4. The zero-order valence-corrected chi connectivity index (χ0v) is 14.6. The number of alkyl halides is 3. The molecule has 8 heteroatoms. The molecule has 24 heavy (non-hydrogen) atoms. The lowest BCUT2D eigenvalue weighted by Crippen LogP contribution is -2.16. The fourth-order valence-electron chi connectivity index (χ4n) is 2.72. The number of rotatable bonds is 4. The van der Waals surface area contributed by atoms with Gasteiger partial charge in [-0.1, -0.05) is 0 Å². The van der Waals surface area contributed by atoms with Crippen molar-refractivity contribution in [1.82, 2.24) is 0 Å². The molecule has 2 N–H and O–H groups in total. The zero-order chi connectivity index (χ0) is 17.5. The summed E-state index contributed by atoms with van der Waals surface area (Å²) in [5, 5.41) is 0. The van der Waals surface area contributed by atoms with Crippen molar-refractivity contribution in [1.29, 1.82) is 0 Å². The average molecular weight is 418 g/mol. The van der Waals surface area contributed by atoms with E-state index in [2.05, 4.69) is 20.7 Å². The summed E-state index contributed by atoms with van der Waals surface area (Å²) >= 11 is 8.22. The standard InChI is InChI=1S/C16H12BrClF2N2O2/c17-13-8-10(15(21)23)7-9-5-6-22(14(9)13)11-1-3-12(4-2-11)24-16(18,19)20/h1-4,7-8H,5-6H2,(H2,21,23). The molecular formula is C16H12BrClF2N2O2. The number of amides is 1. The van der Waals surface area contributed by atoms with E-state index in [4.69, 9.17) is 17.3 Å². The highest BCUT2D eigenvalue weighted by molar-refractivity contribution is 9.10. The summed E-state index contributed by atoms with van der Waals surface area (Å²) in [6.07, 6.45) is 0.743. The monoisotopic (exact) mass is 416 g/mol. The molecule has 0 radical (unpaired) electrons. The number of anilines is 2. The molecule has 0 aliphatic carbocycles. The van der Waals surface area contributed by atoms with Gasteiger partial charge in [-0.3, -0.25) is 4.79 Å². The van der Waals surface area contributed by atoms with Crippen molar-refractivity contribution in [3.8, 4) is 5.75 Å². The first-order chi connectivity index (χ1) is 11.2. The summed E-state index contributed by atoms with van der Waals surface area (Å²) in [4.78, 5) is 13.4. The average Bonchev–Trinajstić information content (AvgIpc) is 2.91. The van der Waals surface area contributed by atoms with Gasteiger partial charge in [-0.05, 0) is 64.3 Å². The molecular weight excluding hydrogens is 406 g/mol. The molecule has 0 fully saturated rings. The van der Waals surface area contributed by atoms with Crippen LogP contribution < -0.4 is 15.4 Å². The summed E-state index contributed by atoms with van der Waals surface area (Å²) < 4.78 is 30.4. The maximum absolute atomic E-state index is 12.7. The highest BCUT2D eigenvalue weighted by Crippen LogP contribution is 2.41. The van der Waals surface area contributed by atoms with Crippen LogP contribution >= 0.6 is 27.5 Å². The zero-order valence-electron chi connectivity index (χ0n) is 12.2. The van der Waals surface area contributed by atoms with Gasteiger partial charge in [0.05, 0.1) is 5.69 Å². The van der Waals surface area contributed by atoms with Crippen molar-refractivity contribution in [2.24, 2.45) is 5.73 Å². The minimum Gasteiger partial charge on any atom is -0.420 e. The summed E-state index contributed by atoms with van der Waals surface area (Å²) in [7, 11) is 0. The molecule has 0 atom stereocenters. The molecule has 1 heterocycles. The van der Waals surface area contributed by atoms with Crippen LogP contribution in [0.2, 0.25) is 0 Å². The van der Waals surface area contributed by atoms with Crippen LogP contribution in [0, 0.1) is 0 Å². The van der Waals surface area contributed by atoms with Crippen LogP contribution in [0.3, 0.4) is 0 Å². The van der Waals surface area contributed by atoms with Crippen LogP contribution in [-0.4, -0.2) is 18.0 Å². The molecule has 0 saturated carbocycles. The third kappa shape index (κ3) is 3.47. The number of nitrogens with zero attached hydrogens (tertiary/aromatic N) is 1. The van der Waals surface area contributed by atoms with Gasteiger partial charge in [0.2, 0.25) is 5.91 Å². The summed E-state index contributed by atoms with van der Waals surface area (Å²) in [6, 6.07) is 9.63. The molecule has 1 aliphatic rings.